The number of nitrogens with zero attached hydrogens (tertiary/aromatic N) is 4. The molecule has 0 spiro atoms. The molecule has 0 radical (unpaired) electrons. The van der Waals surface area contributed by atoms with E-state index >= 15 is 0 Å². The fourth-order valence-corrected chi connectivity index (χ4v) is 6.63. The maximum absolute atomic E-state index is 13.6. The summed E-state index contributed by atoms with van der Waals surface area (Å²) in [5, 5.41) is 12.0. The number of fused-ring (bicyclic) bond motifs is 1. The first-order valence-corrected chi connectivity index (χ1v) is 14.4. The molecule has 2 aromatic carbocycles. The van der Waals surface area contributed by atoms with Crippen LogP contribution in [0, 0.1) is 17.2 Å². The number of aromatic nitrogens is 1. The van der Waals surface area contributed by atoms with Crippen LogP contribution in [0.3, 0.4) is 0 Å². The average Bonchev–Trinajstić information content (AvgIpc) is 3.69. The minimum atomic E-state index is -4.51. The Kier molecular flexibility index (Phi) is 9.45. The highest BCUT2D eigenvalue weighted by atomic mass is 35.5. The lowest BCUT2D eigenvalue weighted by Crippen LogP contribution is -2.31. The maximum Gasteiger partial charge on any atom is 0.416 e. The SMILES string of the molecule is CCN(CC1CCCC1)c1cc2c(cc1CN(Cc1cc(C#N)cc(C(F)(F)F)c1)c1nccs1)CCC2.Cl. The highest BCUT2D eigenvalue weighted by Gasteiger charge is 2.31. The summed E-state index contributed by atoms with van der Waals surface area (Å²) in [7, 11) is 0. The van der Waals surface area contributed by atoms with Crippen LogP contribution >= 0.6 is 23.7 Å². The Labute approximate surface area is 238 Å². The summed E-state index contributed by atoms with van der Waals surface area (Å²) in [5.74, 6) is 0.709. The quantitative estimate of drug-likeness (QED) is 0.258. The van der Waals surface area contributed by atoms with Crippen LogP contribution in [0.15, 0.2) is 41.9 Å². The first-order chi connectivity index (χ1) is 18.3. The first kappa shape index (κ1) is 29.2. The number of nitriles is 1. The van der Waals surface area contributed by atoms with Gasteiger partial charge in [0.25, 0.3) is 0 Å². The zero-order chi connectivity index (χ0) is 26.7. The normalized spacial score (nSPS) is 15.1. The van der Waals surface area contributed by atoms with Crippen LogP contribution in [-0.2, 0) is 32.1 Å². The van der Waals surface area contributed by atoms with Crippen molar-refractivity contribution in [1.82, 2.24) is 4.98 Å². The molecule has 0 bridgehead atoms. The molecule has 208 valence electrons. The van der Waals surface area contributed by atoms with Crippen LogP contribution in [-0.4, -0.2) is 18.1 Å². The van der Waals surface area contributed by atoms with E-state index < -0.39 is 11.7 Å². The van der Waals surface area contributed by atoms with Crippen LogP contribution in [0.2, 0.25) is 0 Å². The molecule has 9 heteroatoms. The van der Waals surface area contributed by atoms with Crippen molar-refractivity contribution < 1.29 is 13.2 Å². The highest BCUT2D eigenvalue weighted by Crippen LogP contribution is 2.36. The van der Waals surface area contributed by atoms with Gasteiger partial charge in [0, 0.05) is 43.4 Å². The predicted molar refractivity (Wildman–Crippen MR) is 154 cm³/mol. The summed E-state index contributed by atoms with van der Waals surface area (Å²) < 4.78 is 40.7. The topological polar surface area (TPSA) is 43.2 Å². The second-order valence-corrected chi connectivity index (χ2v) is 11.4. The Morgan fingerprint density at radius 1 is 1.00 bits per heavy atom. The average molecular weight is 575 g/mol. The number of thiazole rings is 1. The summed E-state index contributed by atoms with van der Waals surface area (Å²) in [5.41, 5.74) is 4.90. The number of anilines is 2. The van der Waals surface area contributed by atoms with Gasteiger partial charge in [-0.3, -0.25) is 0 Å². The molecule has 2 aliphatic carbocycles. The fourth-order valence-electron chi connectivity index (χ4n) is 5.99. The van der Waals surface area contributed by atoms with Crippen molar-refractivity contribution >= 4 is 34.6 Å². The van der Waals surface area contributed by atoms with Gasteiger partial charge in [0.2, 0.25) is 0 Å². The maximum atomic E-state index is 13.6. The van der Waals surface area contributed by atoms with Crippen molar-refractivity contribution in [2.24, 2.45) is 5.92 Å². The van der Waals surface area contributed by atoms with Crippen LogP contribution in [0.25, 0.3) is 0 Å². The van der Waals surface area contributed by atoms with Gasteiger partial charge in [-0.05, 0) is 91.5 Å². The standard InChI is InChI=1S/C30H33F3N4S.ClH/c1-2-36(18-21-6-3-4-7-21)28-16-25-9-5-8-24(25)15-26(28)20-37(29-35-10-11-38-29)19-23-12-22(17-34)13-27(14-23)30(31,32)33;/h10-16,21H,2-9,18-20H2,1H3;1H. The molecule has 2 aliphatic rings. The summed E-state index contributed by atoms with van der Waals surface area (Å²) in [6.07, 6.45) is 5.69. The lowest BCUT2D eigenvalue weighted by molar-refractivity contribution is -0.137. The molecule has 4 nitrogen and oxygen atoms in total. The van der Waals surface area contributed by atoms with E-state index in [9.17, 15) is 18.4 Å². The van der Waals surface area contributed by atoms with Crippen molar-refractivity contribution in [3.05, 3.63) is 75.3 Å². The molecule has 1 heterocycles. The molecule has 0 saturated heterocycles. The molecule has 0 aliphatic heterocycles. The molecule has 0 amide bonds. The molecule has 0 atom stereocenters. The molecule has 3 aromatic rings. The third-order valence-electron chi connectivity index (χ3n) is 7.84. The van der Waals surface area contributed by atoms with Gasteiger partial charge in [-0.15, -0.1) is 23.7 Å². The minimum Gasteiger partial charge on any atom is -0.371 e. The van der Waals surface area contributed by atoms with E-state index in [1.54, 1.807) is 12.3 Å². The van der Waals surface area contributed by atoms with Gasteiger partial charge in [-0.25, -0.2) is 4.98 Å². The molecule has 0 N–H and O–H groups in total. The second-order valence-electron chi connectivity index (χ2n) is 10.5. The van der Waals surface area contributed by atoms with E-state index in [0.29, 0.717) is 18.0 Å². The monoisotopic (exact) mass is 574 g/mol. The Balaban J connectivity index is 0.00000353. The number of hydrogen-bond acceptors (Lipinski definition) is 5. The van der Waals surface area contributed by atoms with Gasteiger partial charge < -0.3 is 9.80 Å². The lowest BCUT2D eigenvalue weighted by Gasteiger charge is -2.31. The molecule has 39 heavy (non-hydrogen) atoms. The van der Waals surface area contributed by atoms with E-state index in [1.165, 1.54) is 59.4 Å². The number of benzene rings is 2. The van der Waals surface area contributed by atoms with E-state index in [4.69, 9.17) is 0 Å². The van der Waals surface area contributed by atoms with Gasteiger partial charge in [0.05, 0.1) is 17.2 Å². The van der Waals surface area contributed by atoms with Crippen molar-refractivity contribution in [3.8, 4) is 6.07 Å². The van der Waals surface area contributed by atoms with Crippen molar-refractivity contribution in [1.29, 1.82) is 5.26 Å². The second kappa shape index (κ2) is 12.6. The van der Waals surface area contributed by atoms with Crippen LogP contribution in [0.5, 0.6) is 0 Å². The molecular formula is C30H34ClF3N4S. The third kappa shape index (κ3) is 6.88. The summed E-state index contributed by atoms with van der Waals surface area (Å²) in [6, 6.07) is 10.2. The summed E-state index contributed by atoms with van der Waals surface area (Å²) in [4.78, 5) is 9.07. The van der Waals surface area contributed by atoms with Crippen LogP contribution in [0.4, 0.5) is 24.0 Å². The predicted octanol–water partition coefficient (Wildman–Crippen LogP) is 8.17. The molecule has 5 rings (SSSR count). The van der Waals surface area contributed by atoms with E-state index in [-0.39, 0.29) is 24.5 Å². The van der Waals surface area contributed by atoms with E-state index in [0.717, 1.165) is 49.6 Å². The molecule has 1 saturated carbocycles. The van der Waals surface area contributed by atoms with Crippen molar-refractivity contribution in [2.75, 3.05) is 22.9 Å². The minimum absolute atomic E-state index is 0. The zero-order valence-corrected chi connectivity index (χ0v) is 23.8. The van der Waals surface area contributed by atoms with Gasteiger partial charge in [0.1, 0.15) is 0 Å². The zero-order valence-electron chi connectivity index (χ0n) is 22.1. The molecular weight excluding hydrogens is 541 g/mol. The molecule has 1 aromatic heterocycles. The van der Waals surface area contributed by atoms with Gasteiger partial charge in [-0.2, -0.15) is 18.4 Å². The first-order valence-electron chi connectivity index (χ1n) is 13.5. The number of halogens is 4. The third-order valence-corrected chi connectivity index (χ3v) is 8.67. The Morgan fingerprint density at radius 2 is 1.74 bits per heavy atom. The largest absolute Gasteiger partial charge is 0.416 e. The number of rotatable bonds is 9. The Morgan fingerprint density at radius 3 is 2.38 bits per heavy atom. The van der Waals surface area contributed by atoms with Gasteiger partial charge in [0.15, 0.2) is 5.13 Å². The highest BCUT2D eigenvalue weighted by molar-refractivity contribution is 7.13. The summed E-state index contributed by atoms with van der Waals surface area (Å²) >= 11 is 1.47. The Hall–Kier alpha value is -2.76. The molecule has 1 fully saturated rings. The Bertz CT molecular complexity index is 1300. The van der Waals surface area contributed by atoms with E-state index in [1.807, 2.05) is 16.3 Å². The van der Waals surface area contributed by atoms with Crippen LogP contribution < -0.4 is 9.80 Å². The lowest BCUT2D eigenvalue weighted by atomic mass is 10.0. The fraction of sp³-hybridized carbons (Fsp3) is 0.467. The van der Waals surface area contributed by atoms with Crippen molar-refractivity contribution in [2.45, 2.75) is 71.1 Å². The molecule has 0 unspecified atom stereocenters. The number of aryl methyl sites for hydroxylation is 2. The number of alkyl halides is 3. The smallest absolute Gasteiger partial charge is 0.371 e. The van der Waals surface area contributed by atoms with Crippen molar-refractivity contribution in [3.63, 3.8) is 0 Å². The van der Waals surface area contributed by atoms with E-state index in [2.05, 4.69) is 28.9 Å². The van der Waals surface area contributed by atoms with Gasteiger partial charge in [-0.1, -0.05) is 18.9 Å². The van der Waals surface area contributed by atoms with Gasteiger partial charge >= 0.3 is 6.18 Å². The van der Waals surface area contributed by atoms with Crippen LogP contribution in [0.1, 0.15) is 72.4 Å². The summed E-state index contributed by atoms with van der Waals surface area (Å²) in [6.45, 7) is 4.93. The number of hydrogen-bond donors (Lipinski definition) is 0.